The number of hydrogen-bond donors (Lipinski definition) is 3. The van der Waals surface area contributed by atoms with Gasteiger partial charge in [0, 0.05) is 30.9 Å². The van der Waals surface area contributed by atoms with Gasteiger partial charge in [-0.1, -0.05) is 19.1 Å². The number of amides is 1. The molecule has 8 heteroatoms. The third-order valence-corrected chi connectivity index (χ3v) is 7.58. The number of primary amides is 1. The third kappa shape index (κ3) is 4.82. The van der Waals surface area contributed by atoms with E-state index in [1.807, 2.05) is 0 Å². The Bertz CT molecular complexity index is 996. The van der Waals surface area contributed by atoms with Crippen molar-refractivity contribution in [1.29, 1.82) is 0 Å². The summed E-state index contributed by atoms with van der Waals surface area (Å²) in [6.45, 7) is 6.36. The number of carbonyl (C=O) groups excluding carboxylic acids is 1. The number of nitrogens with zero attached hydrogens (tertiary/aromatic N) is 4. The zero-order valence-electron chi connectivity index (χ0n) is 19.5. The van der Waals surface area contributed by atoms with Gasteiger partial charge in [-0.15, -0.1) is 0 Å². The second kappa shape index (κ2) is 8.91. The lowest BCUT2D eigenvalue weighted by molar-refractivity contribution is 0.0996. The zero-order valence-corrected chi connectivity index (χ0v) is 19.5. The van der Waals surface area contributed by atoms with Crippen LogP contribution in [-0.2, 0) is 5.41 Å². The average Bonchev–Trinajstić information content (AvgIpc) is 3.65. The predicted molar refractivity (Wildman–Crippen MR) is 131 cm³/mol. The number of aromatic nitrogens is 2. The number of likely N-dealkylation sites (tertiary alicyclic amines) is 1. The highest BCUT2D eigenvalue weighted by molar-refractivity contribution is 5.96. The first-order valence-corrected chi connectivity index (χ1v) is 12.2. The van der Waals surface area contributed by atoms with Gasteiger partial charge in [-0.2, -0.15) is 0 Å². The zero-order chi connectivity index (χ0) is 23.0. The molecule has 1 atom stereocenters. The summed E-state index contributed by atoms with van der Waals surface area (Å²) in [5.41, 5.74) is 14.3. The molecule has 5 N–H and O–H groups in total. The van der Waals surface area contributed by atoms with Crippen molar-refractivity contribution in [2.24, 2.45) is 11.5 Å². The number of hydrogen-bond acceptors (Lipinski definition) is 7. The normalized spacial score (nSPS) is 23.3. The molecule has 0 unspecified atom stereocenters. The highest BCUT2D eigenvalue weighted by Gasteiger charge is 2.37. The van der Waals surface area contributed by atoms with Gasteiger partial charge in [-0.3, -0.25) is 4.79 Å². The van der Waals surface area contributed by atoms with Gasteiger partial charge in [0.25, 0.3) is 5.91 Å². The molecule has 1 aromatic carbocycles. The van der Waals surface area contributed by atoms with Crippen molar-refractivity contribution in [2.45, 2.75) is 62.9 Å². The number of nitrogens with two attached hydrogens (primary N) is 2. The maximum Gasteiger partial charge on any atom is 0.271 e. The molecule has 3 fully saturated rings. The minimum absolute atomic E-state index is 0.123. The summed E-state index contributed by atoms with van der Waals surface area (Å²) in [6, 6.07) is 9.48. The minimum atomic E-state index is -0.599. The first kappa shape index (κ1) is 22.1. The Balaban J connectivity index is 1.32. The summed E-state index contributed by atoms with van der Waals surface area (Å²) < 4.78 is 0. The second-order valence-corrected chi connectivity index (χ2v) is 10.2. The average molecular weight is 450 g/mol. The Labute approximate surface area is 195 Å². The minimum Gasteiger partial charge on any atom is -0.364 e. The van der Waals surface area contributed by atoms with Gasteiger partial charge in [0.15, 0.2) is 11.5 Å². The molecule has 2 aromatic rings. The van der Waals surface area contributed by atoms with E-state index >= 15 is 0 Å². The standard InChI is InChI=1S/C25H35N7O/c1-25(10-13-31(14-11-25)20-8-9-20)17-4-6-19(7-5-17)29-24-22(23(27)33)28-15-21(30-24)32-12-2-3-18(26)16-32/h4-7,15,18,20H,2-3,8-14,16,26H2,1H3,(H2,27,33)(H,29,30)/t18-/m1/s1. The molecule has 5 rings (SSSR count). The monoisotopic (exact) mass is 449 g/mol. The molecule has 0 radical (unpaired) electrons. The van der Waals surface area contributed by atoms with Crippen molar-refractivity contribution in [1.82, 2.24) is 14.9 Å². The lowest BCUT2D eigenvalue weighted by Crippen LogP contribution is -2.43. The van der Waals surface area contributed by atoms with Gasteiger partial charge in [0.05, 0.1) is 6.20 Å². The molecule has 2 aliphatic heterocycles. The largest absolute Gasteiger partial charge is 0.364 e. The van der Waals surface area contributed by atoms with E-state index in [2.05, 4.69) is 51.3 Å². The van der Waals surface area contributed by atoms with Crippen LogP contribution in [0.1, 0.15) is 61.5 Å². The van der Waals surface area contributed by atoms with Crippen LogP contribution in [0.25, 0.3) is 0 Å². The molecule has 33 heavy (non-hydrogen) atoms. The smallest absolute Gasteiger partial charge is 0.271 e. The molecule has 1 aromatic heterocycles. The highest BCUT2D eigenvalue weighted by atomic mass is 16.1. The molecule has 1 aliphatic carbocycles. The fourth-order valence-corrected chi connectivity index (χ4v) is 5.22. The number of nitrogens with one attached hydrogen (secondary N) is 1. The van der Waals surface area contributed by atoms with E-state index in [0.29, 0.717) is 11.6 Å². The van der Waals surface area contributed by atoms with Gasteiger partial charge in [-0.25, -0.2) is 9.97 Å². The van der Waals surface area contributed by atoms with E-state index in [1.54, 1.807) is 6.20 Å². The molecular weight excluding hydrogens is 414 g/mol. The molecule has 0 bridgehead atoms. The van der Waals surface area contributed by atoms with E-state index in [1.165, 1.54) is 44.3 Å². The van der Waals surface area contributed by atoms with Gasteiger partial charge >= 0.3 is 0 Å². The molecular formula is C25H35N7O. The van der Waals surface area contributed by atoms with Crippen LogP contribution < -0.4 is 21.7 Å². The molecule has 8 nitrogen and oxygen atoms in total. The van der Waals surface area contributed by atoms with Gasteiger partial charge in [-0.05, 0) is 74.7 Å². The number of piperidine rings is 2. The van der Waals surface area contributed by atoms with Crippen molar-refractivity contribution in [3.05, 3.63) is 41.7 Å². The van der Waals surface area contributed by atoms with Crippen LogP contribution >= 0.6 is 0 Å². The number of carbonyl (C=O) groups is 1. The van der Waals surface area contributed by atoms with Gasteiger partial charge in [0.2, 0.25) is 0 Å². The second-order valence-electron chi connectivity index (χ2n) is 10.2. The van der Waals surface area contributed by atoms with Crippen LogP contribution in [0.15, 0.2) is 30.5 Å². The van der Waals surface area contributed by atoms with Crippen LogP contribution in [-0.4, -0.2) is 59.0 Å². The maximum atomic E-state index is 12.0. The molecule has 1 saturated carbocycles. The molecule has 2 saturated heterocycles. The fraction of sp³-hybridized carbons (Fsp3) is 0.560. The van der Waals surface area contributed by atoms with Crippen molar-refractivity contribution in [3.63, 3.8) is 0 Å². The van der Waals surface area contributed by atoms with Crippen molar-refractivity contribution in [2.75, 3.05) is 36.4 Å². The van der Waals surface area contributed by atoms with Crippen molar-refractivity contribution >= 4 is 23.2 Å². The number of rotatable bonds is 6. The summed E-state index contributed by atoms with van der Waals surface area (Å²) in [4.78, 5) is 25.8. The summed E-state index contributed by atoms with van der Waals surface area (Å²) in [6.07, 6.45) is 8.76. The highest BCUT2D eigenvalue weighted by Crippen LogP contribution is 2.39. The summed E-state index contributed by atoms with van der Waals surface area (Å²) >= 11 is 0. The molecule has 176 valence electrons. The first-order valence-electron chi connectivity index (χ1n) is 12.2. The van der Waals surface area contributed by atoms with Crippen molar-refractivity contribution in [3.8, 4) is 0 Å². The van der Waals surface area contributed by atoms with Gasteiger partial charge < -0.3 is 26.6 Å². The molecule has 0 spiro atoms. The van der Waals surface area contributed by atoms with E-state index in [9.17, 15) is 4.79 Å². The Morgan fingerprint density at radius 1 is 1.12 bits per heavy atom. The Morgan fingerprint density at radius 3 is 2.48 bits per heavy atom. The molecule has 3 heterocycles. The summed E-state index contributed by atoms with van der Waals surface area (Å²) in [7, 11) is 0. The van der Waals surface area contributed by atoms with E-state index in [4.69, 9.17) is 16.5 Å². The lowest BCUT2D eigenvalue weighted by atomic mass is 9.74. The van der Waals surface area contributed by atoms with Crippen LogP contribution in [0.3, 0.4) is 0 Å². The topological polar surface area (TPSA) is 113 Å². The van der Waals surface area contributed by atoms with Crippen LogP contribution in [0.2, 0.25) is 0 Å². The van der Waals surface area contributed by atoms with Crippen molar-refractivity contribution < 1.29 is 4.79 Å². The third-order valence-electron chi connectivity index (χ3n) is 7.58. The molecule has 1 amide bonds. The first-order chi connectivity index (χ1) is 15.9. The predicted octanol–water partition coefficient (Wildman–Crippen LogP) is 2.76. The van der Waals surface area contributed by atoms with Crippen LogP contribution in [0.5, 0.6) is 0 Å². The van der Waals surface area contributed by atoms with Crippen LogP contribution in [0.4, 0.5) is 17.3 Å². The van der Waals surface area contributed by atoms with Gasteiger partial charge in [0.1, 0.15) is 5.82 Å². The summed E-state index contributed by atoms with van der Waals surface area (Å²) in [5, 5.41) is 3.28. The quantitative estimate of drug-likeness (QED) is 0.621. The molecule has 3 aliphatic rings. The number of anilines is 3. The van der Waals surface area contributed by atoms with E-state index < -0.39 is 5.91 Å². The van der Waals surface area contributed by atoms with Crippen LogP contribution in [0, 0.1) is 0 Å². The Morgan fingerprint density at radius 2 is 1.85 bits per heavy atom. The maximum absolute atomic E-state index is 12.0. The lowest BCUT2D eigenvalue weighted by Gasteiger charge is -2.40. The Kier molecular flexibility index (Phi) is 5.97. The number of benzene rings is 1. The van der Waals surface area contributed by atoms with E-state index in [-0.39, 0.29) is 17.2 Å². The fourth-order valence-electron chi connectivity index (χ4n) is 5.22. The van der Waals surface area contributed by atoms with E-state index in [0.717, 1.165) is 37.7 Å². The Hall–Kier alpha value is -2.71. The SMILES string of the molecule is CC1(c2ccc(Nc3nc(N4CCC[C@@H](N)C4)cnc3C(N)=O)cc2)CCN(C2CC2)CC1. The summed E-state index contributed by atoms with van der Waals surface area (Å²) in [5.74, 6) is 0.499.